The van der Waals surface area contributed by atoms with Crippen molar-refractivity contribution >= 4 is 45.7 Å². The van der Waals surface area contributed by atoms with Crippen LogP contribution >= 0.6 is 11.3 Å². The van der Waals surface area contributed by atoms with Crippen LogP contribution in [0.5, 0.6) is 0 Å². The number of amides is 2. The maximum absolute atomic E-state index is 12.8. The number of fused-ring (bicyclic) bond motifs is 1. The van der Waals surface area contributed by atoms with Crippen LogP contribution in [0, 0.1) is 0 Å². The lowest BCUT2D eigenvalue weighted by atomic mass is 10.1. The third-order valence-electron chi connectivity index (χ3n) is 4.87. The average molecular weight is 404 g/mol. The van der Waals surface area contributed by atoms with Crippen LogP contribution in [0.25, 0.3) is 6.08 Å². The van der Waals surface area contributed by atoms with Gasteiger partial charge in [-0.2, -0.15) is 0 Å². The van der Waals surface area contributed by atoms with E-state index < -0.39 is 0 Å². The summed E-state index contributed by atoms with van der Waals surface area (Å²) in [5.41, 5.74) is 3.59. The zero-order valence-electron chi connectivity index (χ0n) is 16.3. The second-order valence-electron chi connectivity index (χ2n) is 6.97. The maximum Gasteiger partial charge on any atom is 0.251 e. The van der Waals surface area contributed by atoms with E-state index in [2.05, 4.69) is 18.0 Å². The monoisotopic (exact) mass is 403 g/mol. The topological polar surface area (TPSA) is 53.5 Å². The van der Waals surface area contributed by atoms with Crippen molar-refractivity contribution in [1.29, 1.82) is 0 Å². The van der Waals surface area contributed by atoms with Gasteiger partial charge in [-0.1, -0.05) is 36.4 Å². The van der Waals surface area contributed by atoms with Gasteiger partial charge in [-0.05, 0) is 43.2 Å². The summed E-state index contributed by atoms with van der Waals surface area (Å²) in [6.45, 7) is 3.57. The van der Waals surface area contributed by atoms with Gasteiger partial charge in [-0.15, -0.1) is 11.3 Å². The summed E-state index contributed by atoms with van der Waals surface area (Å²) >= 11 is 1.37. The minimum Gasteiger partial charge on any atom is -0.305 e. The summed E-state index contributed by atoms with van der Waals surface area (Å²) in [5.74, 6) is -0.178. The number of carbonyl (C=O) groups excluding carboxylic acids is 2. The highest BCUT2D eigenvalue weighted by Crippen LogP contribution is 2.32. The van der Waals surface area contributed by atoms with E-state index in [1.807, 2.05) is 58.8 Å². The van der Waals surface area contributed by atoms with Gasteiger partial charge in [0.25, 0.3) is 5.91 Å². The van der Waals surface area contributed by atoms with Crippen molar-refractivity contribution in [2.45, 2.75) is 26.3 Å². The average Bonchev–Trinajstić information content (AvgIpc) is 3.30. The molecule has 3 aromatic rings. The van der Waals surface area contributed by atoms with E-state index in [0.29, 0.717) is 10.8 Å². The van der Waals surface area contributed by atoms with Crippen molar-refractivity contribution in [2.75, 3.05) is 9.80 Å². The molecule has 29 heavy (non-hydrogen) atoms. The zero-order valence-corrected chi connectivity index (χ0v) is 17.1. The highest BCUT2D eigenvalue weighted by atomic mass is 32.1. The molecule has 0 aliphatic carbocycles. The number of nitrogens with zero attached hydrogens (tertiary/aromatic N) is 3. The van der Waals surface area contributed by atoms with Crippen LogP contribution in [-0.4, -0.2) is 22.8 Å². The Morgan fingerprint density at radius 3 is 2.62 bits per heavy atom. The van der Waals surface area contributed by atoms with Crippen LogP contribution in [0.4, 0.5) is 16.5 Å². The van der Waals surface area contributed by atoms with Crippen molar-refractivity contribution in [3.63, 3.8) is 0 Å². The smallest absolute Gasteiger partial charge is 0.251 e. The number of hydrogen-bond acceptors (Lipinski definition) is 4. The molecule has 2 amide bonds. The van der Waals surface area contributed by atoms with Crippen LogP contribution in [0.1, 0.15) is 25.1 Å². The first-order valence-corrected chi connectivity index (χ1v) is 10.3. The lowest BCUT2D eigenvalue weighted by Gasteiger charge is -2.20. The molecule has 0 saturated heterocycles. The second-order valence-corrected chi connectivity index (χ2v) is 7.80. The summed E-state index contributed by atoms with van der Waals surface area (Å²) in [6, 6.07) is 17.5. The minimum absolute atomic E-state index is 0.0662. The molecule has 2 aromatic carbocycles. The number of para-hydroxylation sites is 2. The second kappa shape index (κ2) is 8.01. The predicted octanol–water partition coefficient (Wildman–Crippen LogP) is 4.82. The van der Waals surface area contributed by atoms with Crippen molar-refractivity contribution in [3.05, 3.63) is 77.3 Å². The maximum atomic E-state index is 12.8. The van der Waals surface area contributed by atoms with E-state index in [4.69, 9.17) is 0 Å². The minimum atomic E-state index is -0.111. The molecule has 1 unspecified atom stereocenters. The molecular weight excluding hydrogens is 382 g/mol. The molecule has 146 valence electrons. The molecule has 1 atom stereocenters. The molecule has 4 rings (SSSR count). The Kier molecular flexibility index (Phi) is 5.27. The van der Waals surface area contributed by atoms with Crippen LogP contribution in [0.2, 0.25) is 0 Å². The molecule has 0 spiro atoms. The predicted molar refractivity (Wildman–Crippen MR) is 118 cm³/mol. The summed E-state index contributed by atoms with van der Waals surface area (Å²) in [4.78, 5) is 32.9. The van der Waals surface area contributed by atoms with Gasteiger partial charge < -0.3 is 4.90 Å². The molecule has 0 fully saturated rings. The highest BCUT2D eigenvalue weighted by molar-refractivity contribution is 7.14. The highest BCUT2D eigenvalue weighted by Gasteiger charge is 2.29. The SMILES string of the molecule is CC(=O)N(c1ccccc1)c1nc(C=CC(=O)N2c3ccccc3CC2C)cs1. The normalized spacial score (nSPS) is 15.5. The lowest BCUT2D eigenvalue weighted by Crippen LogP contribution is -2.34. The molecule has 1 aliphatic rings. The van der Waals surface area contributed by atoms with Crippen LogP contribution in [0.15, 0.2) is 66.1 Å². The fourth-order valence-corrected chi connectivity index (χ4v) is 4.45. The molecule has 2 heterocycles. The quantitative estimate of drug-likeness (QED) is 0.587. The summed E-state index contributed by atoms with van der Waals surface area (Å²) in [6.07, 6.45) is 4.12. The van der Waals surface area contributed by atoms with Crippen molar-refractivity contribution in [3.8, 4) is 0 Å². The van der Waals surface area contributed by atoms with E-state index in [-0.39, 0.29) is 17.9 Å². The molecule has 1 aromatic heterocycles. The lowest BCUT2D eigenvalue weighted by molar-refractivity contribution is -0.116. The third-order valence-corrected chi connectivity index (χ3v) is 5.72. The number of carbonyl (C=O) groups is 2. The number of aromatic nitrogens is 1. The van der Waals surface area contributed by atoms with Gasteiger partial charge in [-0.25, -0.2) is 4.98 Å². The van der Waals surface area contributed by atoms with Crippen LogP contribution in [-0.2, 0) is 16.0 Å². The van der Waals surface area contributed by atoms with E-state index in [9.17, 15) is 9.59 Å². The Balaban J connectivity index is 1.54. The van der Waals surface area contributed by atoms with Gasteiger partial charge in [0.05, 0.1) is 11.4 Å². The Labute approximate surface area is 173 Å². The zero-order chi connectivity index (χ0) is 20.4. The first-order chi connectivity index (χ1) is 14.0. The fourth-order valence-electron chi connectivity index (χ4n) is 3.60. The van der Waals surface area contributed by atoms with Gasteiger partial charge in [0.1, 0.15) is 0 Å². The van der Waals surface area contributed by atoms with Crippen LogP contribution in [0.3, 0.4) is 0 Å². The summed E-state index contributed by atoms with van der Waals surface area (Å²) in [5, 5.41) is 2.43. The number of thiazole rings is 1. The molecule has 1 aliphatic heterocycles. The Morgan fingerprint density at radius 2 is 1.86 bits per heavy atom. The number of anilines is 3. The molecule has 0 N–H and O–H groups in total. The first kappa shape index (κ1) is 19.1. The van der Waals surface area contributed by atoms with E-state index >= 15 is 0 Å². The summed E-state index contributed by atoms with van der Waals surface area (Å²) < 4.78 is 0. The molecule has 0 radical (unpaired) electrons. The molecule has 0 bridgehead atoms. The molecule has 6 heteroatoms. The van der Waals surface area contributed by atoms with E-state index in [1.54, 1.807) is 17.1 Å². The number of hydrogen-bond donors (Lipinski definition) is 0. The van der Waals surface area contributed by atoms with Gasteiger partial charge >= 0.3 is 0 Å². The van der Waals surface area contributed by atoms with Crippen molar-refractivity contribution in [1.82, 2.24) is 4.98 Å². The number of benzene rings is 2. The van der Waals surface area contributed by atoms with Gasteiger partial charge in [0.15, 0.2) is 5.13 Å². The largest absolute Gasteiger partial charge is 0.305 e. The Morgan fingerprint density at radius 1 is 1.14 bits per heavy atom. The third kappa shape index (κ3) is 3.84. The standard InChI is InChI=1S/C23H21N3O2S/c1-16-14-18-8-6-7-11-21(18)25(16)22(28)13-12-19-15-29-23(24-19)26(17(2)27)20-9-4-3-5-10-20/h3-13,15-16H,14H2,1-2H3. The molecule has 5 nitrogen and oxygen atoms in total. The molecular formula is C23H21N3O2S. The van der Waals surface area contributed by atoms with Crippen LogP contribution < -0.4 is 9.80 Å². The van der Waals surface area contributed by atoms with Crippen molar-refractivity contribution in [2.24, 2.45) is 0 Å². The fraction of sp³-hybridized carbons (Fsp3) is 0.174. The van der Waals surface area contributed by atoms with Crippen molar-refractivity contribution < 1.29 is 9.59 Å². The Hall–Kier alpha value is -3.25. The number of rotatable bonds is 4. The van der Waals surface area contributed by atoms with E-state index in [1.165, 1.54) is 23.8 Å². The Bertz CT molecular complexity index is 1070. The first-order valence-electron chi connectivity index (χ1n) is 9.45. The molecule has 0 saturated carbocycles. The van der Waals surface area contributed by atoms with Gasteiger partial charge in [-0.3, -0.25) is 14.5 Å². The summed E-state index contributed by atoms with van der Waals surface area (Å²) in [7, 11) is 0. The van der Waals surface area contributed by atoms with Gasteiger partial charge in [0.2, 0.25) is 5.91 Å². The van der Waals surface area contributed by atoms with E-state index in [0.717, 1.165) is 17.8 Å². The van der Waals surface area contributed by atoms with Gasteiger partial charge in [0, 0.05) is 30.1 Å².